The van der Waals surface area contributed by atoms with E-state index < -0.39 is 17.6 Å². The number of hydrogen-bond donors (Lipinski definition) is 2. The van der Waals surface area contributed by atoms with Gasteiger partial charge in [0, 0.05) is 36.5 Å². The van der Waals surface area contributed by atoms with Crippen LogP contribution in [0.3, 0.4) is 0 Å². The van der Waals surface area contributed by atoms with Gasteiger partial charge in [0.15, 0.2) is 4.77 Å². The third-order valence-electron chi connectivity index (χ3n) is 4.12. The number of likely N-dealkylation sites (N-methyl/N-ethyl adjacent to an activating group) is 1. The zero-order valence-electron chi connectivity index (χ0n) is 12.3. The van der Waals surface area contributed by atoms with Gasteiger partial charge in [-0.3, -0.25) is 4.79 Å². The molecule has 8 heteroatoms. The van der Waals surface area contributed by atoms with Crippen LogP contribution >= 0.6 is 23.8 Å². The molecule has 2 aromatic rings. The molecule has 1 aromatic heterocycles. The van der Waals surface area contributed by atoms with Crippen LogP contribution in [0, 0.1) is 16.4 Å². The van der Waals surface area contributed by atoms with Gasteiger partial charge in [-0.05, 0) is 30.8 Å². The lowest BCUT2D eigenvalue weighted by atomic mass is 9.95. The first-order chi connectivity index (χ1) is 10.9. The summed E-state index contributed by atoms with van der Waals surface area (Å²) >= 11 is 11.0. The molecule has 0 fully saturated rings. The Balaban J connectivity index is 1.97. The van der Waals surface area contributed by atoms with E-state index in [2.05, 4.69) is 10.3 Å². The van der Waals surface area contributed by atoms with Gasteiger partial charge in [-0.1, -0.05) is 11.6 Å². The van der Waals surface area contributed by atoms with E-state index in [1.165, 1.54) is 12.1 Å². The quantitative estimate of drug-likeness (QED) is 0.655. The largest absolute Gasteiger partial charge is 0.359 e. The number of carbonyl (C=O) groups is 1. The number of aromatic amines is 1. The lowest BCUT2D eigenvalue weighted by molar-refractivity contribution is -0.120. The Labute approximate surface area is 141 Å². The number of aromatic nitrogens is 2. The van der Waals surface area contributed by atoms with Gasteiger partial charge in [0.25, 0.3) is 0 Å². The maximum Gasteiger partial charge on any atom is 0.225 e. The number of amides is 1. The molecule has 1 aliphatic rings. The van der Waals surface area contributed by atoms with Crippen molar-refractivity contribution >= 4 is 29.7 Å². The summed E-state index contributed by atoms with van der Waals surface area (Å²) in [5, 5.41) is 2.44. The van der Waals surface area contributed by atoms with E-state index in [0.29, 0.717) is 23.4 Å². The maximum atomic E-state index is 14.2. The monoisotopic (exact) mass is 357 g/mol. The number of nitrogens with zero attached hydrogens (tertiary/aromatic N) is 1. The molecule has 1 aromatic carbocycles. The fourth-order valence-corrected chi connectivity index (χ4v) is 3.48. The first kappa shape index (κ1) is 16.1. The van der Waals surface area contributed by atoms with Crippen LogP contribution in [0.15, 0.2) is 12.1 Å². The van der Waals surface area contributed by atoms with Crippen LogP contribution in [0.4, 0.5) is 8.78 Å². The third-order valence-corrected chi connectivity index (χ3v) is 4.74. The van der Waals surface area contributed by atoms with E-state index >= 15 is 0 Å². The summed E-state index contributed by atoms with van der Waals surface area (Å²) in [6.45, 7) is 0.354. The highest BCUT2D eigenvalue weighted by Gasteiger charge is 2.31. The summed E-state index contributed by atoms with van der Waals surface area (Å²) in [5.74, 6) is -1.91. The van der Waals surface area contributed by atoms with E-state index in [-0.39, 0.29) is 22.9 Å². The topological polar surface area (TPSA) is 49.8 Å². The smallest absolute Gasteiger partial charge is 0.225 e. The zero-order chi connectivity index (χ0) is 16.7. The van der Waals surface area contributed by atoms with Gasteiger partial charge >= 0.3 is 0 Å². The molecule has 4 nitrogen and oxygen atoms in total. The fraction of sp³-hybridized carbons (Fsp3) is 0.333. The number of halogens is 3. The second kappa shape index (κ2) is 6.05. The van der Waals surface area contributed by atoms with Crippen molar-refractivity contribution in [3.05, 3.63) is 50.5 Å². The van der Waals surface area contributed by atoms with E-state index in [0.717, 1.165) is 5.69 Å². The molecule has 0 radical (unpaired) electrons. The first-order valence-electron chi connectivity index (χ1n) is 7.07. The number of nitrogens with one attached hydrogen (secondary N) is 2. The predicted molar refractivity (Wildman–Crippen MR) is 85.2 cm³/mol. The number of imidazole rings is 1. The molecule has 1 unspecified atom stereocenters. The Kier molecular flexibility index (Phi) is 4.25. The minimum Gasteiger partial charge on any atom is -0.359 e. The molecular formula is C15H14ClF2N3OS. The van der Waals surface area contributed by atoms with Crippen molar-refractivity contribution in [1.29, 1.82) is 0 Å². The van der Waals surface area contributed by atoms with Gasteiger partial charge in [-0.15, -0.1) is 0 Å². The van der Waals surface area contributed by atoms with Crippen LogP contribution in [0.1, 0.15) is 22.9 Å². The molecule has 122 valence electrons. The van der Waals surface area contributed by atoms with Crippen LogP contribution in [0.25, 0.3) is 0 Å². The zero-order valence-corrected chi connectivity index (χ0v) is 13.8. The number of rotatable bonds is 3. The summed E-state index contributed by atoms with van der Waals surface area (Å²) in [4.78, 5) is 14.6. The average Bonchev–Trinajstić information content (AvgIpc) is 3.05. The second-order valence-electron chi connectivity index (χ2n) is 5.47. The minimum atomic E-state index is -0.731. The van der Waals surface area contributed by atoms with E-state index in [4.69, 9.17) is 23.8 Å². The highest BCUT2D eigenvalue weighted by Crippen LogP contribution is 2.36. The lowest BCUT2D eigenvalue weighted by Crippen LogP contribution is -2.20. The molecule has 2 N–H and O–H groups in total. The Morgan fingerprint density at radius 1 is 1.52 bits per heavy atom. The van der Waals surface area contributed by atoms with Gasteiger partial charge in [0.2, 0.25) is 5.91 Å². The van der Waals surface area contributed by atoms with Crippen molar-refractivity contribution in [2.45, 2.75) is 25.3 Å². The van der Waals surface area contributed by atoms with Crippen molar-refractivity contribution < 1.29 is 13.6 Å². The number of benzene rings is 1. The third kappa shape index (κ3) is 2.79. The van der Waals surface area contributed by atoms with Gasteiger partial charge in [0.05, 0.1) is 11.4 Å². The number of fused-ring (bicyclic) bond motifs is 1. The van der Waals surface area contributed by atoms with Crippen LogP contribution in [0.5, 0.6) is 0 Å². The maximum absolute atomic E-state index is 14.2. The summed E-state index contributed by atoms with van der Waals surface area (Å²) in [6.07, 6.45) is 0.545. The summed E-state index contributed by atoms with van der Waals surface area (Å²) in [5.41, 5.74) is 1.46. The lowest BCUT2D eigenvalue weighted by Gasteiger charge is -2.13. The highest BCUT2D eigenvalue weighted by molar-refractivity contribution is 7.71. The number of H-pyrrole nitrogens is 1. The molecule has 0 aliphatic carbocycles. The van der Waals surface area contributed by atoms with Crippen LogP contribution in [-0.2, 0) is 24.2 Å². The van der Waals surface area contributed by atoms with Crippen LogP contribution in [-0.4, -0.2) is 22.5 Å². The molecule has 23 heavy (non-hydrogen) atoms. The van der Waals surface area contributed by atoms with Crippen molar-refractivity contribution in [3.63, 3.8) is 0 Å². The molecule has 2 heterocycles. The average molecular weight is 358 g/mol. The highest BCUT2D eigenvalue weighted by atomic mass is 35.5. The summed E-state index contributed by atoms with van der Waals surface area (Å²) < 4.78 is 30.5. The summed E-state index contributed by atoms with van der Waals surface area (Å²) in [6, 6.07) is 2.37. The molecule has 0 spiro atoms. The van der Waals surface area contributed by atoms with E-state index in [9.17, 15) is 13.6 Å². The van der Waals surface area contributed by atoms with Crippen molar-refractivity contribution in [3.8, 4) is 0 Å². The molecule has 3 rings (SSSR count). The normalized spacial score (nSPS) is 16.4. The standard InChI is InChI=1S/C15H14ClF2N3OS/c1-19-12(22)5-10-11-4-7(6-21(11)15(23)20-10)13-9(17)3-2-8(16)14(13)18/h2-3,7H,4-6H2,1H3,(H,19,22)(H,20,23). The molecule has 1 amide bonds. The minimum absolute atomic E-state index is 0.0264. The van der Waals surface area contributed by atoms with Gasteiger partial charge in [-0.2, -0.15) is 0 Å². The van der Waals surface area contributed by atoms with Crippen LogP contribution < -0.4 is 5.32 Å². The molecule has 0 bridgehead atoms. The number of carbonyl (C=O) groups excluding carboxylic acids is 1. The van der Waals surface area contributed by atoms with Gasteiger partial charge in [-0.25, -0.2) is 8.78 Å². The molecule has 1 aliphatic heterocycles. The van der Waals surface area contributed by atoms with Crippen LogP contribution in [0.2, 0.25) is 5.02 Å². The Hall–Kier alpha value is -1.73. The molecule has 0 saturated carbocycles. The Morgan fingerprint density at radius 2 is 2.26 bits per heavy atom. The van der Waals surface area contributed by atoms with E-state index in [1.54, 1.807) is 11.6 Å². The first-order valence-corrected chi connectivity index (χ1v) is 7.85. The Bertz CT molecular complexity index is 846. The number of hydrogen-bond acceptors (Lipinski definition) is 2. The van der Waals surface area contributed by atoms with Crippen molar-refractivity contribution in [2.75, 3.05) is 7.05 Å². The van der Waals surface area contributed by atoms with Crippen molar-refractivity contribution in [2.24, 2.45) is 0 Å². The van der Waals surface area contributed by atoms with Crippen molar-refractivity contribution in [1.82, 2.24) is 14.9 Å². The van der Waals surface area contributed by atoms with E-state index in [1.807, 2.05) is 0 Å². The summed E-state index contributed by atoms with van der Waals surface area (Å²) in [7, 11) is 1.55. The van der Waals surface area contributed by atoms with Gasteiger partial charge in [0.1, 0.15) is 11.6 Å². The van der Waals surface area contributed by atoms with Gasteiger partial charge < -0.3 is 14.9 Å². The fourth-order valence-electron chi connectivity index (χ4n) is 3.00. The predicted octanol–water partition coefficient (Wildman–Crippen LogP) is 3.11. The molecule has 0 saturated heterocycles. The Morgan fingerprint density at radius 3 is 2.96 bits per heavy atom. The molecular weight excluding hydrogens is 344 g/mol. The molecule has 1 atom stereocenters. The SMILES string of the molecule is CNC(=O)Cc1[nH]c(=S)n2c1CC(c1c(F)ccc(Cl)c1F)C2. The second-order valence-corrected chi connectivity index (χ2v) is 6.27.